The number of aromatic nitrogens is 1. The molecule has 1 aromatic heterocycles. The van der Waals surface area contributed by atoms with Crippen LogP contribution in [0.2, 0.25) is 0 Å². The zero-order valence-corrected chi connectivity index (χ0v) is 14.8. The van der Waals surface area contributed by atoms with E-state index in [0.29, 0.717) is 26.2 Å². The predicted molar refractivity (Wildman–Crippen MR) is 97.8 cm³/mol. The summed E-state index contributed by atoms with van der Waals surface area (Å²) in [7, 11) is 0. The Hall–Kier alpha value is -2.34. The van der Waals surface area contributed by atoms with Crippen molar-refractivity contribution in [3.8, 4) is 5.75 Å². The van der Waals surface area contributed by atoms with Gasteiger partial charge in [-0.15, -0.1) is 0 Å². The lowest BCUT2D eigenvalue weighted by Gasteiger charge is -2.16. The topological polar surface area (TPSA) is 74.4 Å². The fourth-order valence-electron chi connectivity index (χ4n) is 3.35. The van der Waals surface area contributed by atoms with Crippen LogP contribution in [0.1, 0.15) is 25.8 Å². The van der Waals surface area contributed by atoms with Crippen LogP contribution in [-0.2, 0) is 11.3 Å². The molecule has 6 heteroatoms. The highest BCUT2D eigenvalue weighted by molar-refractivity contribution is 5.80. The second-order valence-corrected chi connectivity index (χ2v) is 6.42. The van der Waals surface area contributed by atoms with Crippen molar-refractivity contribution in [3.05, 3.63) is 40.2 Å². The van der Waals surface area contributed by atoms with Gasteiger partial charge >= 0.3 is 0 Å². The molecule has 0 unspecified atom stereocenters. The first-order chi connectivity index (χ1) is 12.1. The number of carbonyl (C=O) groups excluding carboxylic acids is 1. The molecule has 134 valence electrons. The molecule has 1 aliphatic heterocycles. The standard InChI is InChI=1S/C19H25N3O3/c1-3-20-18(23)13-7-8-22(11-13)12-15-9-14-10-16(25-4-2)5-6-17(14)21-19(15)24/h5-6,9-10,13H,3-4,7-8,11-12H2,1-2H3,(H,20,23)(H,21,24)/t13-/m0/s1. The SMILES string of the molecule is CCNC(=O)[C@H]1CCN(Cc2cc3cc(OCC)ccc3[nH]c2=O)C1. The number of aromatic amines is 1. The van der Waals surface area contributed by atoms with Crippen molar-refractivity contribution in [2.45, 2.75) is 26.8 Å². The van der Waals surface area contributed by atoms with E-state index in [4.69, 9.17) is 4.74 Å². The molecule has 1 saturated heterocycles. The number of hydrogen-bond donors (Lipinski definition) is 2. The van der Waals surface area contributed by atoms with Crippen LogP contribution >= 0.6 is 0 Å². The van der Waals surface area contributed by atoms with E-state index in [2.05, 4.69) is 15.2 Å². The molecule has 0 bridgehead atoms. The van der Waals surface area contributed by atoms with Crippen molar-refractivity contribution >= 4 is 16.8 Å². The fourth-order valence-corrected chi connectivity index (χ4v) is 3.35. The minimum atomic E-state index is -0.0712. The maximum Gasteiger partial charge on any atom is 0.252 e. The number of likely N-dealkylation sites (tertiary alicyclic amines) is 1. The maximum absolute atomic E-state index is 12.4. The summed E-state index contributed by atoms with van der Waals surface area (Å²) in [6, 6.07) is 7.60. The molecule has 0 radical (unpaired) electrons. The average molecular weight is 343 g/mol. The number of nitrogens with zero attached hydrogens (tertiary/aromatic N) is 1. The van der Waals surface area contributed by atoms with E-state index in [1.165, 1.54) is 0 Å². The van der Waals surface area contributed by atoms with Gasteiger partial charge in [-0.1, -0.05) is 0 Å². The molecule has 0 aliphatic carbocycles. The Morgan fingerprint density at radius 1 is 1.36 bits per heavy atom. The highest BCUT2D eigenvalue weighted by Crippen LogP contribution is 2.21. The van der Waals surface area contributed by atoms with E-state index in [1.54, 1.807) is 0 Å². The van der Waals surface area contributed by atoms with E-state index in [1.807, 2.05) is 38.1 Å². The number of benzene rings is 1. The Kier molecular flexibility index (Phi) is 5.38. The number of fused-ring (bicyclic) bond motifs is 1. The largest absolute Gasteiger partial charge is 0.494 e. The van der Waals surface area contributed by atoms with Crippen molar-refractivity contribution in [2.24, 2.45) is 5.92 Å². The van der Waals surface area contributed by atoms with Gasteiger partial charge in [0.25, 0.3) is 5.56 Å². The van der Waals surface area contributed by atoms with Crippen molar-refractivity contribution in [2.75, 3.05) is 26.2 Å². The van der Waals surface area contributed by atoms with Gasteiger partial charge in [0, 0.05) is 36.1 Å². The summed E-state index contributed by atoms with van der Waals surface area (Å²) in [5, 5.41) is 3.84. The molecule has 0 spiro atoms. The molecule has 1 fully saturated rings. The molecule has 1 amide bonds. The highest BCUT2D eigenvalue weighted by atomic mass is 16.5. The Morgan fingerprint density at radius 3 is 2.96 bits per heavy atom. The average Bonchev–Trinajstić information content (AvgIpc) is 3.05. The van der Waals surface area contributed by atoms with Crippen LogP contribution in [0.3, 0.4) is 0 Å². The van der Waals surface area contributed by atoms with Crippen LogP contribution in [0.15, 0.2) is 29.1 Å². The summed E-state index contributed by atoms with van der Waals surface area (Å²) in [4.78, 5) is 29.4. The molecular weight excluding hydrogens is 318 g/mol. The number of pyridine rings is 1. The van der Waals surface area contributed by atoms with Gasteiger partial charge in [-0.2, -0.15) is 0 Å². The third-order valence-electron chi connectivity index (χ3n) is 4.59. The third kappa shape index (κ3) is 4.02. The first-order valence-electron chi connectivity index (χ1n) is 8.89. The van der Waals surface area contributed by atoms with Gasteiger partial charge in [0.05, 0.1) is 12.5 Å². The molecule has 1 atom stereocenters. The molecule has 3 rings (SSSR count). The quantitative estimate of drug-likeness (QED) is 0.840. The predicted octanol–water partition coefficient (Wildman–Crippen LogP) is 1.88. The Bertz CT molecular complexity index is 815. The second-order valence-electron chi connectivity index (χ2n) is 6.42. The van der Waals surface area contributed by atoms with Crippen molar-refractivity contribution < 1.29 is 9.53 Å². The molecular formula is C19H25N3O3. The third-order valence-corrected chi connectivity index (χ3v) is 4.59. The lowest BCUT2D eigenvalue weighted by molar-refractivity contribution is -0.124. The first-order valence-corrected chi connectivity index (χ1v) is 8.89. The van der Waals surface area contributed by atoms with Crippen molar-refractivity contribution in [1.29, 1.82) is 0 Å². The molecule has 1 aromatic carbocycles. The maximum atomic E-state index is 12.4. The van der Waals surface area contributed by atoms with Gasteiger partial charge in [-0.05, 0) is 51.1 Å². The Morgan fingerprint density at radius 2 is 2.20 bits per heavy atom. The van der Waals surface area contributed by atoms with Gasteiger partial charge in [-0.3, -0.25) is 14.5 Å². The van der Waals surface area contributed by atoms with E-state index < -0.39 is 0 Å². The summed E-state index contributed by atoms with van der Waals surface area (Å²) in [6.07, 6.45) is 0.839. The highest BCUT2D eigenvalue weighted by Gasteiger charge is 2.28. The van der Waals surface area contributed by atoms with Crippen LogP contribution < -0.4 is 15.6 Å². The smallest absolute Gasteiger partial charge is 0.252 e. The lowest BCUT2D eigenvalue weighted by Crippen LogP contribution is -2.33. The Labute approximate surface area is 147 Å². The van der Waals surface area contributed by atoms with E-state index in [9.17, 15) is 9.59 Å². The number of H-pyrrole nitrogens is 1. The van der Waals surface area contributed by atoms with Gasteiger partial charge in [-0.25, -0.2) is 0 Å². The van der Waals surface area contributed by atoms with E-state index >= 15 is 0 Å². The zero-order valence-electron chi connectivity index (χ0n) is 14.8. The lowest BCUT2D eigenvalue weighted by atomic mass is 10.1. The molecule has 0 saturated carbocycles. The number of ether oxygens (including phenoxy) is 1. The number of nitrogens with one attached hydrogen (secondary N) is 2. The summed E-state index contributed by atoms with van der Waals surface area (Å²) < 4.78 is 5.53. The van der Waals surface area contributed by atoms with Crippen LogP contribution in [-0.4, -0.2) is 42.0 Å². The van der Waals surface area contributed by atoms with Crippen LogP contribution in [0, 0.1) is 5.92 Å². The van der Waals surface area contributed by atoms with E-state index in [-0.39, 0.29) is 17.4 Å². The van der Waals surface area contributed by atoms with Gasteiger partial charge in [0.1, 0.15) is 5.75 Å². The summed E-state index contributed by atoms with van der Waals surface area (Å²) in [6.45, 7) is 7.22. The van der Waals surface area contributed by atoms with Gasteiger partial charge in [0.15, 0.2) is 0 Å². The van der Waals surface area contributed by atoms with Crippen LogP contribution in [0.5, 0.6) is 5.75 Å². The normalized spacial score (nSPS) is 17.8. The summed E-state index contributed by atoms with van der Waals surface area (Å²) in [5.41, 5.74) is 1.45. The van der Waals surface area contributed by atoms with Gasteiger partial charge < -0.3 is 15.0 Å². The fraction of sp³-hybridized carbons (Fsp3) is 0.474. The number of amides is 1. The van der Waals surface area contributed by atoms with Crippen molar-refractivity contribution in [3.63, 3.8) is 0 Å². The van der Waals surface area contributed by atoms with Crippen LogP contribution in [0.25, 0.3) is 10.9 Å². The number of hydrogen-bond acceptors (Lipinski definition) is 4. The summed E-state index contributed by atoms with van der Waals surface area (Å²) >= 11 is 0. The second kappa shape index (κ2) is 7.70. The van der Waals surface area contributed by atoms with E-state index in [0.717, 1.165) is 35.2 Å². The summed E-state index contributed by atoms with van der Waals surface area (Å²) in [5.74, 6) is 0.924. The van der Waals surface area contributed by atoms with Crippen LogP contribution in [0.4, 0.5) is 0 Å². The molecule has 1 aliphatic rings. The monoisotopic (exact) mass is 343 g/mol. The van der Waals surface area contributed by atoms with Crippen molar-refractivity contribution in [1.82, 2.24) is 15.2 Å². The molecule has 6 nitrogen and oxygen atoms in total. The molecule has 25 heavy (non-hydrogen) atoms. The molecule has 2 N–H and O–H groups in total. The minimum absolute atomic E-state index is 0.0176. The molecule has 2 aromatic rings. The Balaban J connectivity index is 1.76. The minimum Gasteiger partial charge on any atom is -0.494 e. The van der Waals surface area contributed by atoms with Gasteiger partial charge in [0.2, 0.25) is 5.91 Å². The number of rotatable bonds is 6. The molecule has 2 heterocycles. The zero-order chi connectivity index (χ0) is 17.8. The number of carbonyl (C=O) groups is 1. The first kappa shape index (κ1) is 17.5.